The third-order valence-electron chi connectivity index (χ3n) is 5.30. The molecule has 1 fully saturated rings. The van der Waals surface area contributed by atoms with Crippen LogP contribution in [0.5, 0.6) is 0 Å². The monoisotopic (exact) mass is 366 g/mol. The summed E-state index contributed by atoms with van der Waals surface area (Å²) in [6.07, 6.45) is 3.19. The van der Waals surface area contributed by atoms with Gasteiger partial charge in [-0.15, -0.1) is 11.8 Å². The Bertz CT molecular complexity index is 849. The Morgan fingerprint density at radius 1 is 1.08 bits per heavy atom. The average Bonchev–Trinajstić information content (AvgIpc) is 3.20. The van der Waals surface area contributed by atoms with Crippen molar-refractivity contribution in [2.45, 2.75) is 30.7 Å². The molecule has 0 bridgehead atoms. The van der Waals surface area contributed by atoms with Gasteiger partial charge in [0.25, 0.3) is 0 Å². The molecule has 2 atom stereocenters. The summed E-state index contributed by atoms with van der Waals surface area (Å²) in [5.74, 6) is -0.184. The topological polar surface area (TPSA) is 40.6 Å². The maximum atomic E-state index is 13.2. The summed E-state index contributed by atoms with van der Waals surface area (Å²) in [6.45, 7) is 2.54. The third-order valence-corrected chi connectivity index (χ3v) is 6.05. The van der Waals surface area contributed by atoms with Gasteiger partial charge in [-0.05, 0) is 55.5 Å². The standard InChI is InChI=1S/C21H22N2O2S/c1-14-11-15-5-3-4-6-19(15)23(14)21(25)16-12-20(24)22(13-16)17-7-9-18(26-2)10-8-17/h3-10,14,16H,11-13H2,1-2H3/t14-,16+/m1/s1. The number of carbonyl (C=O) groups is 2. The second kappa shape index (κ2) is 6.80. The molecule has 4 rings (SSSR count). The molecular formula is C21H22N2O2S. The van der Waals surface area contributed by atoms with E-state index in [0.29, 0.717) is 6.54 Å². The molecule has 26 heavy (non-hydrogen) atoms. The lowest BCUT2D eigenvalue weighted by molar-refractivity contribution is -0.124. The first kappa shape index (κ1) is 17.2. The Balaban J connectivity index is 1.54. The molecule has 0 saturated carbocycles. The maximum Gasteiger partial charge on any atom is 0.232 e. The van der Waals surface area contributed by atoms with Gasteiger partial charge in [-0.25, -0.2) is 0 Å². The highest BCUT2D eigenvalue weighted by Gasteiger charge is 2.40. The fourth-order valence-corrected chi connectivity index (χ4v) is 4.39. The van der Waals surface area contributed by atoms with Crippen LogP contribution in [-0.2, 0) is 16.0 Å². The molecule has 0 radical (unpaired) electrons. The van der Waals surface area contributed by atoms with Crippen molar-refractivity contribution in [3.05, 3.63) is 54.1 Å². The fourth-order valence-electron chi connectivity index (χ4n) is 3.98. The summed E-state index contributed by atoms with van der Waals surface area (Å²) in [5.41, 5.74) is 3.08. The average molecular weight is 366 g/mol. The number of para-hydroxylation sites is 1. The lowest BCUT2D eigenvalue weighted by Gasteiger charge is -2.26. The van der Waals surface area contributed by atoms with E-state index in [-0.39, 0.29) is 30.2 Å². The lowest BCUT2D eigenvalue weighted by atomic mass is 10.1. The molecule has 2 amide bonds. The van der Waals surface area contributed by atoms with E-state index in [1.165, 1.54) is 5.56 Å². The summed E-state index contributed by atoms with van der Waals surface area (Å²) in [6, 6.07) is 16.2. The number of rotatable bonds is 3. The fraction of sp³-hybridized carbons (Fsp3) is 0.333. The number of thioether (sulfide) groups is 1. The van der Waals surface area contributed by atoms with Crippen molar-refractivity contribution in [2.24, 2.45) is 5.92 Å². The molecule has 5 heteroatoms. The molecule has 0 aromatic heterocycles. The number of hydrogen-bond donors (Lipinski definition) is 0. The van der Waals surface area contributed by atoms with E-state index in [2.05, 4.69) is 13.0 Å². The second-order valence-corrected chi connectivity index (χ2v) is 7.87. The quantitative estimate of drug-likeness (QED) is 0.777. The predicted octanol–water partition coefficient (Wildman–Crippen LogP) is 3.74. The van der Waals surface area contributed by atoms with Gasteiger partial charge in [0, 0.05) is 35.3 Å². The van der Waals surface area contributed by atoms with Crippen LogP contribution in [0.2, 0.25) is 0 Å². The SMILES string of the molecule is CSc1ccc(N2C[C@@H](C(=O)N3c4ccccc4C[C@H]3C)CC2=O)cc1. The Kier molecular flexibility index (Phi) is 4.49. The molecule has 0 N–H and O–H groups in total. The summed E-state index contributed by atoms with van der Waals surface area (Å²) < 4.78 is 0. The number of carbonyl (C=O) groups excluding carboxylic acids is 2. The van der Waals surface area contributed by atoms with E-state index in [0.717, 1.165) is 22.7 Å². The van der Waals surface area contributed by atoms with Crippen molar-refractivity contribution in [1.29, 1.82) is 0 Å². The van der Waals surface area contributed by atoms with E-state index < -0.39 is 0 Å². The minimum absolute atomic E-state index is 0.0281. The molecule has 2 heterocycles. The Hall–Kier alpha value is -2.27. The van der Waals surface area contributed by atoms with Crippen molar-refractivity contribution in [3.63, 3.8) is 0 Å². The van der Waals surface area contributed by atoms with Gasteiger partial charge >= 0.3 is 0 Å². The van der Waals surface area contributed by atoms with Gasteiger partial charge in [0.2, 0.25) is 11.8 Å². The van der Waals surface area contributed by atoms with Crippen LogP contribution in [0.4, 0.5) is 11.4 Å². The highest BCUT2D eigenvalue weighted by Crippen LogP contribution is 2.35. The van der Waals surface area contributed by atoms with Crippen LogP contribution in [0, 0.1) is 5.92 Å². The van der Waals surface area contributed by atoms with Crippen LogP contribution in [-0.4, -0.2) is 30.7 Å². The van der Waals surface area contributed by atoms with E-state index in [1.807, 2.05) is 53.6 Å². The van der Waals surface area contributed by atoms with Crippen LogP contribution in [0.3, 0.4) is 0 Å². The molecule has 2 aromatic rings. The number of hydrogen-bond acceptors (Lipinski definition) is 3. The van der Waals surface area contributed by atoms with E-state index >= 15 is 0 Å². The Morgan fingerprint density at radius 3 is 2.54 bits per heavy atom. The summed E-state index contributed by atoms with van der Waals surface area (Å²) in [4.78, 5) is 30.5. The third kappa shape index (κ3) is 2.90. The smallest absolute Gasteiger partial charge is 0.232 e. The molecule has 4 nitrogen and oxygen atoms in total. The van der Waals surface area contributed by atoms with Crippen LogP contribution in [0.25, 0.3) is 0 Å². The first-order chi connectivity index (χ1) is 12.6. The van der Waals surface area contributed by atoms with Gasteiger partial charge in [0.15, 0.2) is 0 Å². The first-order valence-electron chi connectivity index (χ1n) is 8.94. The largest absolute Gasteiger partial charge is 0.312 e. The molecule has 0 spiro atoms. The molecule has 0 aliphatic carbocycles. The number of nitrogens with zero attached hydrogens (tertiary/aromatic N) is 2. The number of benzene rings is 2. The van der Waals surface area contributed by atoms with E-state index in [9.17, 15) is 9.59 Å². The first-order valence-corrected chi connectivity index (χ1v) is 10.2. The summed E-state index contributed by atoms with van der Waals surface area (Å²) >= 11 is 1.67. The van der Waals surface area contributed by atoms with Crippen molar-refractivity contribution in [2.75, 3.05) is 22.6 Å². The molecule has 134 valence electrons. The number of amides is 2. The second-order valence-electron chi connectivity index (χ2n) is 6.99. The van der Waals surface area contributed by atoms with Crippen molar-refractivity contribution in [3.8, 4) is 0 Å². The lowest BCUT2D eigenvalue weighted by Crippen LogP contribution is -2.41. The van der Waals surface area contributed by atoms with E-state index in [1.54, 1.807) is 16.7 Å². The zero-order valence-corrected chi connectivity index (χ0v) is 15.8. The van der Waals surface area contributed by atoms with Gasteiger partial charge in [0.05, 0.1) is 5.92 Å². The van der Waals surface area contributed by atoms with Crippen LogP contribution in [0.15, 0.2) is 53.4 Å². The number of anilines is 2. The molecular weight excluding hydrogens is 344 g/mol. The molecule has 2 aliphatic heterocycles. The normalized spacial score (nSPS) is 22.0. The Morgan fingerprint density at radius 2 is 1.81 bits per heavy atom. The molecule has 0 unspecified atom stereocenters. The molecule has 2 aliphatic rings. The maximum absolute atomic E-state index is 13.2. The summed E-state index contributed by atoms with van der Waals surface area (Å²) in [5, 5.41) is 0. The van der Waals surface area contributed by atoms with Gasteiger partial charge in [-0.3, -0.25) is 9.59 Å². The number of fused-ring (bicyclic) bond motifs is 1. The molecule has 1 saturated heterocycles. The van der Waals surface area contributed by atoms with Crippen LogP contribution in [0.1, 0.15) is 18.9 Å². The van der Waals surface area contributed by atoms with Crippen molar-refractivity contribution >= 4 is 35.0 Å². The van der Waals surface area contributed by atoms with Crippen molar-refractivity contribution in [1.82, 2.24) is 0 Å². The van der Waals surface area contributed by atoms with Crippen LogP contribution < -0.4 is 9.80 Å². The van der Waals surface area contributed by atoms with Gasteiger partial charge in [-0.2, -0.15) is 0 Å². The van der Waals surface area contributed by atoms with Crippen molar-refractivity contribution < 1.29 is 9.59 Å². The zero-order chi connectivity index (χ0) is 18.3. The summed E-state index contributed by atoms with van der Waals surface area (Å²) in [7, 11) is 0. The van der Waals surface area contributed by atoms with Gasteiger partial charge < -0.3 is 9.80 Å². The predicted molar refractivity (Wildman–Crippen MR) is 106 cm³/mol. The zero-order valence-electron chi connectivity index (χ0n) is 15.0. The molecule has 2 aromatic carbocycles. The van der Waals surface area contributed by atoms with Gasteiger partial charge in [-0.1, -0.05) is 18.2 Å². The van der Waals surface area contributed by atoms with E-state index in [4.69, 9.17) is 0 Å². The Labute approximate surface area is 158 Å². The minimum atomic E-state index is -0.281. The van der Waals surface area contributed by atoms with Gasteiger partial charge in [0.1, 0.15) is 0 Å². The highest BCUT2D eigenvalue weighted by molar-refractivity contribution is 7.98. The highest BCUT2D eigenvalue weighted by atomic mass is 32.2. The van der Waals surface area contributed by atoms with Crippen LogP contribution >= 0.6 is 11.8 Å². The minimum Gasteiger partial charge on any atom is -0.312 e.